The zero-order chi connectivity index (χ0) is 12.5. The summed E-state index contributed by atoms with van der Waals surface area (Å²) in [6.45, 7) is 9.09. The Morgan fingerprint density at radius 3 is 2.71 bits per heavy atom. The number of hydrogen-bond acceptors (Lipinski definition) is 3. The van der Waals surface area contributed by atoms with Gasteiger partial charge < -0.3 is 10.2 Å². The monoisotopic (exact) mass is 239 g/mol. The van der Waals surface area contributed by atoms with E-state index in [4.69, 9.17) is 0 Å². The van der Waals surface area contributed by atoms with Crippen LogP contribution in [0.2, 0.25) is 0 Å². The number of amides is 1. The van der Waals surface area contributed by atoms with E-state index < -0.39 is 0 Å². The molecule has 2 saturated heterocycles. The standard InChI is InChI=1S/C13H25N3O/c1-13(2)10-16(8-7-15(13)3)12(17)11-5-4-6-14-9-11/h11,14H,4-10H2,1-3H3/t11-/m0/s1. The van der Waals surface area contributed by atoms with Gasteiger partial charge in [0.15, 0.2) is 0 Å². The van der Waals surface area contributed by atoms with Gasteiger partial charge in [-0.05, 0) is 40.3 Å². The predicted octanol–water partition coefficient (Wildman–Crippen LogP) is 0.539. The molecule has 4 nitrogen and oxygen atoms in total. The lowest BCUT2D eigenvalue weighted by Gasteiger charge is -2.46. The molecule has 0 aromatic carbocycles. The number of hydrogen-bond donors (Lipinski definition) is 1. The lowest BCUT2D eigenvalue weighted by Crippen LogP contribution is -2.60. The number of piperazine rings is 1. The van der Waals surface area contributed by atoms with Gasteiger partial charge in [-0.3, -0.25) is 9.69 Å². The van der Waals surface area contributed by atoms with Gasteiger partial charge >= 0.3 is 0 Å². The molecule has 2 fully saturated rings. The van der Waals surface area contributed by atoms with E-state index in [-0.39, 0.29) is 11.5 Å². The van der Waals surface area contributed by atoms with Gasteiger partial charge in [0.1, 0.15) is 0 Å². The van der Waals surface area contributed by atoms with Crippen LogP contribution in [0.1, 0.15) is 26.7 Å². The van der Waals surface area contributed by atoms with Crippen LogP contribution in [0.5, 0.6) is 0 Å². The fraction of sp³-hybridized carbons (Fsp3) is 0.923. The summed E-state index contributed by atoms with van der Waals surface area (Å²) in [5.41, 5.74) is 0.107. The van der Waals surface area contributed by atoms with Crippen molar-refractivity contribution >= 4 is 5.91 Å². The Bertz CT molecular complexity index is 284. The Balaban J connectivity index is 1.95. The molecule has 2 heterocycles. The summed E-state index contributed by atoms with van der Waals surface area (Å²) >= 11 is 0. The number of rotatable bonds is 1. The molecule has 1 N–H and O–H groups in total. The largest absolute Gasteiger partial charge is 0.339 e. The van der Waals surface area contributed by atoms with Gasteiger partial charge in [-0.15, -0.1) is 0 Å². The average molecular weight is 239 g/mol. The van der Waals surface area contributed by atoms with Crippen molar-refractivity contribution < 1.29 is 4.79 Å². The van der Waals surface area contributed by atoms with Gasteiger partial charge in [-0.2, -0.15) is 0 Å². The van der Waals surface area contributed by atoms with Crippen molar-refractivity contribution in [2.45, 2.75) is 32.2 Å². The first kappa shape index (κ1) is 12.8. The number of carbonyl (C=O) groups excluding carboxylic acids is 1. The molecule has 17 heavy (non-hydrogen) atoms. The Kier molecular flexibility index (Phi) is 3.73. The summed E-state index contributed by atoms with van der Waals surface area (Å²) in [5.74, 6) is 0.571. The summed E-state index contributed by atoms with van der Waals surface area (Å²) in [5, 5.41) is 3.33. The second kappa shape index (κ2) is 4.94. The molecule has 4 heteroatoms. The van der Waals surface area contributed by atoms with Crippen LogP contribution >= 0.6 is 0 Å². The molecule has 0 radical (unpaired) electrons. The van der Waals surface area contributed by atoms with Crippen LogP contribution in [0.3, 0.4) is 0 Å². The first-order chi connectivity index (χ1) is 8.00. The maximum atomic E-state index is 12.4. The second-order valence-electron chi connectivity index (χ2n) is 6.04. The Labute approximate surface area is 104 Å². The molecule has 0 aromatic rings. The molecule has 1 amide bonds. The van der Waals surface area contributed by atoms with Crippen LogP contribution in [-0.2, 0) is 4.79 Å². The van der Waals surface area contributed by atoms with Crippen LogP contribution in [0.4, 0.5) is 0 Å². The summed E-state index contributed by atoms with van der Waals surface area (Å²) in [4.78, 5) is 16.8. The molecule has 0 unspecified atom stereocenters. The van der Waals surface area contributed by atoms with E-state index in [1.54, 1.807) is 0 Å². The quantitative estimate of drug-likeness (QED) is 0.725. The molecule has 0 spiro atoms. The summed E-state index contributed by atoms with van der Waals surface area (Å²) in [6, 6.07) is 0. The lowest BCUT2D eigenvalue weighted by atomic mass is 9.94. The number of carbonyl (C=O) groups is 1. The zero-order valence-electron chi connectivity index (χ0n) is 11.3. The maximum Gasteiger partial charge on any atom is 0.227 e. The van der Waals surface area contributed by atoms with Gasteiger partial charge in [-0.1, -0.05) is 0 Å². The van der Waals surface area contributed by atoms with Gasteiger partial charge in [-0.25, -0.2) is 0 Å². The third kappa shape index (κ3) is 2.80. The number of nitrogens with zero attached hydrogens (tertiary/aromatic N) is 2. The van der Waals surface area contributed by atoms with Crippen molar-refractivity contribution in [1.82, 2.24) is 15.1 Å². The second-order valence-corrected chi connectivity index (χ2v) is 6.04. The predicted molar refractivity (Wildman–Crippen MR) is 68.9 cm³/mol. The molecule has 2 aliphatic heterocycles. The van der Waals surface area contributed by atoms with Crippen molar-refractivity contribution in [1.29, 1.82) is 0 Å². The molecule has 2 rings (SSSR count). The van der Waals surface area contributed by atoms with Crippen LogP contribution in [0.25, 0.3) is 0 Å². The minimum atomic E-state index is 0.107. The van der Waals surface area contributed by atoms with Crippen LogP contribution < -0.4 is 5.32 Å². The topological polar surface area (TPSA) is 35.6 Å². The van der Waals surface area contributed by atoms with E-state index in [1.165, 1.54) is 0 Å². The van der Waals surface area contributed by atoms with Crippen LogP contribution in [0, 0.1) is 5.92 Å². The number of nitrogens with one attached hydrogen (secondary N) is 1. The fourth-order valence-electron chi connectivity index (χ4n) is 2.75. The van der Waals surface area contributed by atoms with Gasteiger partial charge in [0.25, 0.3) is 0 Å². The highest BCUT2D eigenvalue weighted by molar-refractivity contribution is 5.79. The molecule has 0 aromatic heterocycles. The van der Waals surface area contributed by atoms with Crippen molar-refractivity contribution in [3.8, 4) is 0 Å². The smallest absolute Gasteiger partial charge is 0.227 e. The van der Waals surface area contributed by atoms with Gasteiger partial charge in [0, 0.05) is 31.7 Å². The van der Waals surface area contributed by atoms with Crippen molar-refractivity contribution in [2.24, 2.45) is 5.92 Å². The minimum Gasteiger partial charge on any atom is -0.339 e. The number of likely N-dealkylation sites (N-methyl/N-ethyl adjacent to an activating group) is 1. The Hall–Kier alpha value is -0.610. The van der Waals surface area contributed by atoms with E-state index in [0.29, 0.717) is 5.91 Å². The molecule has 1 atom stereocenters. The Morgan fingerprint density at radius 1 is 1.35 bits per heavy atom. The highest BCUT2D eigenvalue weighted by Crippen LogP contribution is 2.22. The van der Waals surface area contributed by atoms with Crippen molar-refractivity contribution in [3.05, 3.63) is 0 Å². The fourth-order valence-corrected chi connectivity index (χ4v) is 2.75. The van der Waals surface area contributed by atoms with E-state index in [1.807, 2.05) is 0 Å². The minimum absolute atomic E-state index is 0.107. The third-order valence-electron chi connectivity index (χ3n) is 4.27. The SMILES string of the molecule is CN1CCN(C(=O)[C@H]2CCCNC2)CC1(C)C. The molecule has 98 valence electrons. The summed E-state index contributed by atoms with van der Waals surface area (Å²) in [6.07, 6.45) is 2.19. The average Bonchev–Trinajstić information content (AvgIpc) is 2.33. The molecule has 0 aliphatic carbocycles. The van der Waals surface area contributed by atoms with E-state index >= 15 is 0 Å². The number of piperidine rings is 1. The highest BCUT2D eigenvalue weighted by atomic mass is 16.2. The van der Waals surface area contributed by atoms with Crippen molar-refractivity contribution in [2.75, 3.05) is 39.8 Å². The maximum absolute atomic E-state index is 12.4. The molecular weight excluding hydrogens is 214 g/mol. The summed E-state index contributed by atoms with van der Waals surface area (Å²) < 4.78 is 0. The highest BCUT2D eigenvalue weighted by Gasteiger charge is 2.35. The normalized spacial score (nSPS) is 30.3. The van der Waals surface area contributed by atoms with Gasteiger partial charge in [0.2, 0.25) is 5.91 Å². The first-order valence-electron chi connectivity index (χ1n) is 6.71. The first-order valence-corrected chi connectivity index (χ1v) is 6.71. The lowest BCUT2D eigenvalue weighted by molar-refractivity contribution is -0.140. The van der Waals surface area contributed by atoms with Gasteiger partial charge in [0.05, 0.1) is 5.92 Å². The third-order valence-corrected chi connectivity index (χ3v) is 4.27. The van der Waals surface area contributed by atoms with Crippen LogP contribution in [-0.4, -0.2) is 61.0 Å². The van der Waals surface area contributed by atoms with E-state index in [9.17, 15) is 4.79 Å². The zero-order valence-corrected chi connectivity index (χ0v) is 11.3. The molecule has 0 bridgehead atoms. The van der Waals surface area contributed by atoms with Crippen molar-refractivity contribution in [3.63, 3.8) is 0 Å². The molecule has 0 saturated carbocycles. The summed E-state index contributed by atoms with van der Waals surface area (Å²) in [7, 11) is 2.14. The van der Waals surface area contributed by atoms with E-state index in [2.05, 4.69) is 36.0 Å². The van der Waals surface area contributed by atoms with E-state index in [0.717, 1.165) is 45.6 Å². The molecular formula is C13H25N3O. The molecule has 2 aliphatic rings. The van der Waals surface area contributed by atoms with Crippen LogP contribution in [0.15, 0.2) is 0 Å². The Morgan fingerprint density at radius 2 is 2.12 bits per heavy atom.